The van der Waals surface area contributed by atoms with Gasteiger partial charge in [-0.2, -0.15) is 0 Å². The number of nitrogens with zero attached hydrogens (tertiary/aromatic N) is 2. The molecule has 0 saturated carbocycles. The first-order valence-electron chi connectivity index (χ1n) is 11.9. The number of aryl methyl sites for hydroxylation is 1. The quantitative estimate of drug-likeness (QED) is 0.272. The van der Waals surface area contributed by atoms with Gasteiger partial charge in [-0.3, -0.25) is 19.5 Å². The molecule has 5 nitrogen and oxygen atoms in total. The number of aliphatic hydroxyl groups is 1. The third kappa shape index (κ3) is 4.51. The van der Waals surface area contributed by atoms with Crippen molar-refractivity contribution in [2.45, 2.75) is 58.9 Å². The van der Waals surface area contributed by atoms with Crippen LogP contribution < -0.4 is 4.90 Å². The van der Waals surface area contributed by atoms with E-state index >= 15 is 0 Å². The van der Waals surface area contributed by atoms with E-state index in [1.165, 1.54) is 4.90 Å². The van der Waals surface area contributed by atoms with Gasteiger partial charge in [-0.15, -0.1) is 0 Å². The predicted molar refractivity (Wildman–Crippen MR) is 139 cm³/mol. The van der Waals surface area contributed by atoms with Crippen molar-refractivity contribution in [1.82, 2.24) is 4.98 Å². The molecule has 1 saturated heterocycles. The number of carbonyl (C=O) groups is 2. The van der Waals surface area contributed by atoms with Gasteiger partial charge in [-0.05, 0) is 70.8 Å². The molecule has 1 unspecified atom stereocenters. The van der Waals surface area contributed by atoms with E-state index in [0.29, 0.717) is 22.7 Å². The molecule has 0 spiro atoms. The highest BCUT2D eigenvalue weighted by Gasteiger charge is 2.47. The topological polar surface area (TPSA) is 70.5 Å². The third-order valence-corrected chi connectivity index (χ3v) is 6.66. The summed E-state index contributed by atoms with van der Waals surface area (Å²) in [5, 5.41) is 11.6. The van der Waals surface area contributed by atoms with E-state index in [1.54, 1.807) is 24.5 Å². The fourth-order valence-electron chi connectivity index (χ4n) is 4.47. The first kappa shape index (κ1) is 24.4. The number of Topliss-reactive ketones (excluding diaryl/α,β-unsaturated/α-hetero) is 1. The number of hydrogen-bond acceptors (Lipinski definition) is 4. The summed E-state index contributed by atoms with van der Waals surface area (Å²) in [7, 11) is 0. The summed E-state index contributed by atoms with van der Waals surface area (Å²) in [6.07, 6.45) is 3.26. The molecule has 1 aliphatic rings. The molecule has 1 aromatic heterocycles. The molecular weight excluding hydrogens is 436 g/mol. The van der Waals surface area contributed by atoms with Gasteiger partial charge in [-0.25, -0.2) is 0 Å². The Morgan fingerprint density at radius 3 is 2.17 bits per heavy atom. The summed E-state index contributed by atoms with van der Waals surface area (Å²) in [6, 6.07) is 16.3. The first-order valence-corrected chi connectivity index (χ1v) is 11.9. The Hall–Kier alpha value is -3.73. The largest absolute Gasteiger partial charge is 0.507 e. The fraction of sp³-hybridized carbons (Fsp3) is 0.300. The van der Waals surface area contributed by atoms with E-state index in [1.807, 2.05) is 49.4 Å². The standard InChI is InChI=1S/C30H32N2O3/c1-18(2)20-8-11-23(12-9-20)32-26(21-13-15-31-16-14-21)25(28(34)29(32)35)27(33)24-17-22(30(4,5)6)10-7-19(24)3/h7-18,26,33H,1-6H3/b27-25+. The van der Waals surface area contributed by atoms with Crippen molar-refractivity contribution in [1.29, 1.82) is 0 Å². The van der Waals surface area contributed by atoms with Gasteiger partial charge in [0.15, 0.2) is 0 Å². The number of rotatable bonds is 4. The van der Waals surface area contributed by atoms with E-state index in [9.17, 15) is 14.7 Å². The van der Waals surface area contributed by atoms with Gasteiger partial charge < -0.3 is 5.11 Å². The van der Waals surface area contributed by atoms with Crippen LogP contribution in [0.2, 0.25) is 0 Å². The Morgan fingerprint density at radius 2 is 1.60 bits per heavy atom. The van der Waals surface area contributed by atoms with Crippen LogP contribution in [0.5, 0.6) is 0 Å². The molecule has 35 heavy (non-hydrogen) atoms. The van der Waals surface area contributed by atoms with Gasteiger partial charge >= 0.3 is 0 Å². The highest BCUT2D eigenvalue weighted by molar-refractivity contribution is 6.51. The monoisotopic (exact) mass is 468 g/mol. The number of aromatic nitrogens is 1. The number of pyridine rings is 1. The summed E-state index contributed by atoms with van der Waals surface area (Å²) < 4.78 is 0. The van der Waals surface area contributed by atoms with Crippen LogP contribution in [0.1, 0.15) is 74.4 Å². The Morgan fingerprint density at radius 1 is 0.971 bits per heavy atom. The van der Waals surface area contributed by atoms with Crippen LogP contribution in [0.3, 0.4) is 0 Å². The maximum absolute atomic E-state index is 13.4. The van der Waals surface area contributed by atoms with E-state index in [0.717, 1.165) is 16.7 Å². The van der Waals surface area contributed by atoms with Crippen molar-refractivity contribution < 1.29 is 14.7 Å². The van der Waals surface area contributed by atoms with E-state index in [2.05, 4.69) is 39.6 Å². The number of amides is 1. The van der Waals surface area contributed by atoms with Crippen molar-refractivity contribution >= 4 is 23.1 Å². The zero-order chi connectivity index (χ0) is 25.5. The van der Waals surface area contributed by atoms with Crippen LogP contribution >= 0.6 is 0 Å². The smallest absolute Gasteiger partial charge is 0.300 e. The number of ketones is 1. The summed E-state index contributed by atoms with van der Waals surface area (Å²) in [4.78, 5) is 32.4. The number of hydrogen-bond donors (Lipinski definition) is 1. The van der Waals surface area contributed by atoms with Crippen LogP contribution in [0, 0.1) is 6.92 Å². The maximum Gasteiger partial charge on any atom is 0.300 e. The Kier molecular flexibility index (Phi) is 6.37. The molecule has 1 fully saturated rings. The number of carbonyl (C=O) groups excluding carboxylic acids is 2. The van der Waals surface area contributed by atoms with Crippen LogP contribution in [-0.2, 0) is 15.0 Å². The van der Waals surface area contributed by atoms with Crippen LogP contribution in [0.25, 0.3) is 5.76 Å². The number of anilines is 1. The lowest BCUT2D eigenvalue weighted by molar-refractivity contribution is -0.132. The van der Waals surface area contributed by atoms with Crippen LogP contribution in [0.4, 0.5) is 5.69 Å². The van der Waals surface area contributed by atoms with E-state index < -0.39 is 17.7 Å². The van der Waals surface area contributed by atoms with Crippen LogP contribution in [-0.4, -0.2) is 21.8 Å². The lowest BCUT2D eigenvalue weighted by Gasteiger charge is -2.26. The summed E-state index contributed by atoms with van der Waals surface area (Å²) in [5.41, 5.74) is 4.82. The summed E-state index contributed by atoms with van der Waals surface area (Å²) in [6.45, 7) is 12.4. The first-order chi connectivity index (χ1) is 16.5. The van der Waals surface area contributed by atoms with Gasteiger partial charge in [-0.1, -0.05) is 58.9 Å². The van der Waals surface area contributed by atoms with Gasteiger partial charge in [0.05, 0.1) is 11.6 Å². The lowest BCUT2D eigenvalue weighted by Crippen LogP contribution is -2.29. The van der Waals surface area contributed by atoms with Crippen molar-refractivity contribution in [2.24, 2.45) is 0 Å². The minimum Gasteiger partial charge on any atom is -0.507 e. The Labute approximate surface area is 207 Å². The van der Waals surface area contributed by atoms with Crippen molar-refractivity contribution in [3.05, 3.63) is 100 Å². The molecule has 4 rings (SSSR count). The van der Waals surface area contributed by atoms with Crippen molar-refractivity contribution in [3.63, 3.8) is 0 Å². The van der Waals surface area contributed by atoms with Gasteiger partial charge in [0.2, 0.25) is 0 Å². The second kappa shape index (κ2) is 9.14. The Bertz CT molecular complexity index is 1300. The summed E-state index contributed by atoms with van der Waals surface area (Å²) in [5.74, 6) is -1.17. The molecule has 0 aliphatic carbocycles. The predicted octanol–water partition coefficient (Wildman–Crippen LogP) is 6.44. The molecule has 1 N–H and O–H groups in total. The molecule has 1 amide bonds. The molecule has 180 valence electrons. The van der Waals surface area contributed by atoms with Gasteiger partial charge in [0.1, 0.15) is 5.76 Å². The van der Waals surface area contributed by atoms with Crippen molar-refractivity contribution in [2.75, 3.05) is 4.90 Å². The number of aliphatic hydroxyl groups excluding tert-OH is 1. The molecule has 2 aromatic carbocycles. The third-order valence-electron chi connectivity index (χ3n) is 6.66. The van der Waals surface area contributed by atoms with Crippen molar-refractivity contribution in [3.8, 4) is 0 Å². The molecular formula is C30H32N2O3. The molecule has 0 bridgehead atoms. The molecule has 2 heterocycles. The van der Waals surface area contributed by atoms with E-state index in [-0.39, 0.29) is 16.7 Å². The second-order valence-corrected chi connectivity index (χ2v) is 10.5. The molecule has 3 aromatic rings. The maximum atomic E-state index is 13.4. The minimum atomic E-state index is -0.763. The zero-order valence-corrected chi connectivity index (χ0v) is 21.2. The molecule has 0 radical (unpaired) electrons. The average molecular weight is 469 g/mol. The fourth-order valence-corrected chi connectivity index (χ4v) is 4.47. The summed E-state index contributed by atoms with van der Waals surface area (Å²) >= 11 is 0. The number of benzene rings is 2. The second-order valence-electron chi connectivity index (χ2n) is 10.5. The molecule has 1 atom stereocenters. The highest BCUT2D eigenvalue weighted by atomic mass is 16.3. The van der Waals surface area contributed by atoms with Crippen LogP contribution in [0.15, 0.2) is 72.6 Å². The lowest BCUT2D eigenvalue weighted by atomic mass is 9.84. The SMILES string of the molecule is Cc1ccc(C(C)(C)C)cc1/C(O)=C1\C(=O)C(=O)N(c2ccc(C(C)C)cc2)C1c1ccncc1. The average Bonchev–Trinajstić information content (AvgIpc) is 3.09. The van der Waals surface area contributed by atoms with Gasteiger partial charge in [0.25, 0.3) is 11.7 Å². The zero-order valence-electron chi connectivity index (χ0n) is 21.2. The molecule has 5 heteroatoms. The molecule has 1 aliphatic heterocycles. The van der Waals surface area contributed by atoms with E-state index in [4.69, 9.17) is 0 Å². The minimum absolute atomic E-state index is 0.0864. The van der Waals surface area contributed by atoms with Gasteiger partial charge in [0, 0.05) is 23.6 Å². The highest BCUT2D eigenvalue weighted by Crippen LogP contribution is 2.43. The Balaban J connectivity index is 1.93. The normalized spacial score (nSPS) is 17.9.